The number of aliphatic hydroxyl groups is 2. The number of carbonyl (C=O) groups excluding carboxylic acids is 1. The Balaban J connectivity index is 1.66. The highest BCUT2D eigenvalue weighted by Gasteiger charge is 2.52. The third-order valence-corrected chi connectivity index (χ3v) is 8.60. The molecule has 1 aliphatic heterocycles. The Morgan fingerprint density at radius 2 is 1.85 bits per heavy atom. The summed E-state index contributed by atoms with van der Waals surface area (Å²) in [7, 11) is 1.33. The molecule has 3 unspecified atom stereocenters. The number of halogens is 3. The second-order valence-electron chi connectivity index (χ2n) is 12.4. The molecule has 0 saturated heterocycles. The maximum absolute atomic E-state index is 13.5. The van der Waals surface area contributed by atoms with Crippen molar-refractivity contribution in [3.05, 3.63) is 59.2 Å². The van der Waals surface area contributed by atoms with Crippen LogP contribution in [0.15, 0.2) is 53.1 Å². The lowest BCUT2D eigenvalue weighted by Crippen LogP contribution is -2.56. The molecular formula is C30H39F3N2O4. The minimum atomic E-state index is -4.52. The summed E-state index contributed by atoms with van der Waals surface area (Å²) in [4.78, 5) is 18.6. The van der Waals surface area contributed by atoms with E-state index < -0.39 is 35.1 Å². The van der Waals surface area contributed by atoms with E-state index in [9.17, 15) is 28.2 Å². The number of ether oxygens (including phenoxy) is 1. The minimum Gasteiger partial charge on any atom is -0.469 e. The smallest absolute Gasteiger partial charge is 0.416 e. The van der Waals surface area contributed by atoms with Crippen LogP contribution in [0.3, 0.4) is 0 Å². The van der Waals surface area contributed by atoms with Crippen LogP contribution in [0.2, 0.25) is 0 Å². The fraction of sp³-hybridized carbons (Fsp3) is 0.600. The molecule has 214 valence electrons. The number of allylic oxidation sites excluding steroid dienone is 1. The number of aliphatic hydroxyl groups excluding tert-OH is 1. The summed E-state index contributed by atoms with van der Waals surface area (Å²) in [5, 5.41) is 23.2. The molecule has 0 amide bonds. The van der Waals surface area contributed by atoms with Gasteiger partial charge in [-0.3, -0.25) is 9.79 Å². The van der Waals surface area contributed by atoms with Gasteiger partial charge in [-0.05, 0) is 68.1 Å². The summed E-state index contributed by atoms with van der Waals surface area (Å²) in [5.74, 6) is -0.346. The monoisotopic (exact) mass is 548 g/mol. The lowest BCUT2D eigenvalue weighted by molar-refractivity contribution is -0.143. The fourth-order valence-electron chi connectivity index (χ4n) is 6.14. The first-order valence-electron chi connectivity index (χ1n) is 13.5. The number of hydrogen-bond donors (Lipinski definition) is 2. The quantitative estimate of drug-likeness (QED) is 0.476. The van der Waals surface area contributed by atoms with Crippen LogP contribution in [0.1, 0.15) is 70.9 Å². The Morgan fingerprint density at radius 1 is 1.18 bits per heavy atom. The Bertz CT molecular complexity index is 1170. The lowest BCUT2D eigenvalue weighted by atomic mass is 9.69. The van der Waals surface area contributed by atoms with E-state index in [1.54, 1.807) is 30.1 Å². The van der Waals surface area contributed by atoms with Crippen molar-refractivity contribution in [3.8, 4) is 0 Å². The summed E-state index contributed by atoms with van der Waals surface area (Å²) >= 11 is 0. The van der Waals surface area contributed by atoms with Gasteiger partial charge in [0.15, 0.2) is 6.23 Å². The standard InChI is InChI=1S/C30H39F3N2O4/c1-27(2,3)21-13-15-29(16-14-21)34-24(20-7-6-8-23(17-20)30(31,32)33)25(36)35(29)18-28(4,38)22-11-9-19(10-12-22)26(37)39-5/h6-9,11-12,17,19,21,25,36,38H,10,13-16,18H2,1-5H3. The first kappa shape index (κ1) is 29.5. The van der Waals surface area contributed by atoms with E-state index in [0.29, 0.717) is 30.8 Å². The molecule has 9 heteroatoms. The first-order chi connectivity index (χ1) is 18.1. The van der Waals surface area contributed by atoms with E-state index in [4.69, 9.17) is 9.73 Å². The number of alkyl halides is 3. The average molecular weight is 549 g/mol. The van der Waals surface area contributed by atoms with E-state index in [1.165, 1.54) is 19.2 Å². The molecule has 1 saturated carbocycles. The van der Waals surface area contributed by atoms with Gasteiger partial charge in [-0.1, -0.05) is 51.1 Å². The zero-order valence-electron chi connectivity index (χ0n) is 23.3. The third-order valence-electron chi connectivity index (χ3n) is 8.60. The number of aliphatic imine (C=N–C) groups is 1. The SMILES string of the molecule is COC(=O)C1C=CC(C(C)(O)CN2C(O)C(c3cccc(C(F)(F)F)c3)=NC23CCC(C(C)(C)C)CC3)=CC1. The third kappa shape index (κ3) is 6.00. The van der Waals surface area contributed by atoms with Gasteiger partial charge in [0.25, 0.3) is 0 Å². The normalized spacial score (nSPS) is 29.6. The Hall–Kier alpha value is -2.49. The molecule has 0 aromatic heterocycles. The van der Waals surface area contributed by atoms with Crippen LogP contribution in [-0.4, -0.2) is 57.9 Å². The van der Waals surface area contributed by atoms with Crippen molar-refractivity contribution in [1.82, 2.24) is 4.90 Å². The first-order valence-corrected chi connectivity index (χ1v) is 13.5. The highest BCUT2D eigenvalue weighted by Crippen LogP contribution is 2.48. The number of benzene rings is 1. The van der Waals surface area contributed by atoms with Gasteiger partial charge in [0, 0.05) is 12.1 Å². The van der Waals surface area contributed by atoms with Gasteiger partial charge in [-0.15, -0.1) is 0 Å². The number of carbonyl (C=O) groups is 1. The van der Waals surface area contributed by atoms with Crippen LogP contribution in [0, 0.1) is 17.3 Å². The molecule has 2 aliphatic carbocycles. The van der Waals surface area contributed by atoms with Gasteiger partial charge >= 0.3 is 12.1 Å². The number of methoxy groups -OCH3 is 1. The van der Waals surface area contributed by atoms with E-state index >= 15 is 0 Å². The molecule has 39 heavy (non-hydrogen) atoms. The fourth-order valence-corrected chi connectivity index (χ4v) is 6.14. The largest absolute Gasteiger partial charge is 0.469 e. The van der Waals surface area contributed by atoms with Crippen molar-refractivity contribution in [3.63, 3.8) is 0 Å². The van der Waals surface area contributed by atoms with Crippen molar-refractivity contribution in [2.24, 2.45) is 22.2 Å². The van der Waals surface area contributed by atoms with E-state index in [2.05, 4.69) is 20.8 Å². The summed E-state index contributed by atoms with van der Waals surface area (Å²) in [6.07, 6.45) is 2.68. The van der Waals surface area contributed by atoms with Gasteiger partial charge in [-0.2, -0.15) is 13.2 Å². The summed E-state index contributed by atoms with van der Waals surface area (Å²) in [5.41, 5.74) is -1.96. The van der Waals surface area contributed by atoms with Gasteiger partial charge in [0.1, 0.15) is 5.66 Å². The Labute approximate surface area is 228 Å². The predicted octanol–water partition coefficient (Wildman–Crippen LogP) is 5.49. The predicted molar refractivity (Wildman–Crippen MR) is 143 cm³/mol. The molecule has 1 aromatic carbocycles. The molecule has 1 fully saturated rings. The van der Waals surface area contributed by atoms with Gasteiger partial charge in [-0.25, -0.2) is 4.90 Å². The molecule has 4 rings (SSSR count). The molecule has 1 spiro atoms. The Kier molecular flexibility index (Phi) is 7.93. The van der Waals surface area contributed by atoms with E-state index in [1.807, 2.05) is 0 Å². The maximum atomic E-state index is 13.5. The molecule has 1 aromatic rings. The second kappa shape index (κ2) is 10.5. The topological polar surface area (TPSA) is 82.4 Å². The zero-order valence-corrected chi connectivity index (χ0v) is 23.3. The van der Waals surface area contributed by atoms with Crippen molar-refractivity contribution >= 4 is 11.7 Å². The Morgan fingerprint density at radius 3 is 2.38 bits per heavy atom. The van der Waals surface area contributed by atoms with E-state index in [-0.39, 0.29) is 29.2 Å². The van der Waals surface area contributed by atoms with Crippen molar-refractivity contribution in [1.29, 1.82) is 0 Å². The van der Waals surface area contributed by atoms with Gasteiger partial charge in [0.05, 0.1) is 29.9 Å². The van der Waals surface area contributed by atoms with Crippen molar-refractivity contribution < 1.29 is 32.9 Å². The average Bonchev–Trinajstić information content (AvgIpc) is 3.13. The van der Waals surface area contributed by atoms with Crippen molar-refractivity contribution in [2.75, 3.05) is 13.7 Å². The molecule has 0 radical (unpaired) electrons. The lowest BCUT2D eigenvalue weighted by Gasteiger charge is -2.47. The van der Waals surface area contributed by atoms with Gasteiger partial charge < -0.3 is 14.9 Å². The second-order valence-corrected chi connectivity index (χ2v) is 12.4. The summed E-state index contributed by atoms with van der Waals surface area (Å²) in [6.45, 7) is 8.25. The molecule has 3 atom stereocenters. The molecule has 0 bridgehead atoms. The minimum absolute atomic E-state index is 0.0133. The highest BCUT2D eigenvalue weighted by atomic mass is 19.4. The number of esters is 1. The number of rotatable bonds is 5. The molecule has 3 aliphatic rings. The van der Waals surface area contributed by atoms with E-state index in [0.717, 1.165) is 25.0 Å². The summed E-state index contributed by atoms with van der Waals surface area (Å²) < 4.78 is 45.2. The number of nitrogens with zero attached hydrogens (tertiary/aromatic N) is 2. The van der Waals surface area contributed by atoms with Crippen molar-refractivity contribution in [2.45, 2.75) is 83.5 Å². The van der Waals surface area contributed by atoms with Crippen LogP contribution in [-0.2, 0) is 15.7 Å². The molecule has 1 heterocycles. The van der Waals surface area contributed by atoms with Gasteiger partial charge in [0.2, 0.25) is 0 Å². The molecule has 2 N–H and O–H groups in total. The highest BCUT2D eigenvalue weighted by molar-refractivity contribution is 6.05. The summed E-state index contributed by atoms with van der Waals surface area (Å²) in [6, 6.07) is 4.89. The number of β-amino-alcohol motifs (C(OH)–C–C–N with tert-alkyl or cyclic N) is 1. The van der Waals surface area contributed by atoms with Crippen LogP contribution >= 0.6 is 0 Å². The number of hydrogen-bond acceptors (Lipinski definition) is 6. The van der Waals surface area contributed by atoms with Crippen LogP contribution in [0.5, 0.6) is 0 Å². The zero-order chi connectivity index (χ0) is 28.8. The molecular weight excluding hydrogens is 509 g/mol. The van der Waals surface area contributed by atoms with Crippen LogP contribution in [0.25, 0.3) is 0 Å². The molecule has 6 nitrogen and oxygen atoms in total. The maximum Gasteiger partial charge on any atom is 0.416 e. The van der Waals surface area contributed by atoms with Crippen LogP contribution in [0.4, 0.5) is 13.2 Å². The van der Waals surface area contributed by atoms with Crippen LogP contribution < -0.4 is 0 Å².